The van der Waals surface area contributed by atoms with Crippen LogP contribution in [0.5, 0.6) is 0 Å². The maximum absolute atomic E-state index is 11.3. The molecule has 0 amide bonds. The predicted octanol–water partition coefficient (Wildman–Crippen LogP) is 2.49. The highest BCUT2D eigenvalue weighted by Gasteiger charge is 2.14. The topological polar surface area (TPSA) is 34.1 Å². The zero-order chi connectivity index (χ0) is 9.84. The van der Waals surface area contributed by atoms with E-state index in [9.17, 15) is 9.59 Å². The minimum atomic E-state index is -0.514. The number of hydrogen-bond donors (Lipinski definition) is 0. The van der Waals surface area contributed by atoms with Gasteiger partial charge in [0.05, 0.1) is 5.33 Å². The summed E-state index contributed by atoms with van der Waals surface area (Å²) in [4.78, 5) is 22.3. The molecule has 0 heterocycles. The summed E-state index contributed by atoms with van der Waals surface area (Å²) in [6.45, 7) is 0. The summed E-state index contributed by atoms with van der Waals surface area (Å²) in [5.41, 5.74) is 0.331. The number of ketones is 2. The Hall–Kier alpha value is -0.670. The van der Waals surface area contributed by atoms with Gasteiger partial charge >= 0.3 is 0 Å². The first kappa shape index (κ1) is 10.4. The van der Waals surface area contributed by atoms with Gasteiger partial charge in [-0.25, -0.2) is 0 Å². The van der Waals surface area contributed by atoms with Crippen LogP contribution in [0, 0.1) is 0 Å². The van der Waals surface area contributed by atoms with Gasteiger partial charge in [-0.3, -0.25) is 9.59 Å². The molecule has 1 aromatic rings. The summed E-state index contributed by atoms with van der Waals surface area (Å²) in [6.07, 6.45) is 0. The Morgan fingerprint density at radius 1 is 1.38 bits per heavy atom. The molecule has 68 valence electrons. The van der Waals surface area contributed by atoms with Crippen molar-refractivity contribution in [1.82, 2.24) is 0 Å². The molecule has 0 spiro atoms. The van der Waals surface area contributed by atoms with Crippen molar-refractivity contribution in [3.63, 3.8) is 0 Å². The monoisotopic (exact) mass is 260 g/mol. The second-order valence-corrected chi connectivity index (χ2v) is 3.39. The van der Waals surface area contributed by atoms with E-state index >= 15 is 0 Å². The molecular weight excluding hydrogens is 255 g/mol. The van der Waals surface area contributed by atoms with Gasteiger partial charge in [0.1, 0.15) is 0 Å². The van der Waals surface area contributed by atoms with Gasteiger partial charge in [0.15, 0.2) is 0 Å². The van der Waals surface area contributed by atoms with Crippen molar-refractivity contribution in [3.05, 3.63) is 34.9 Å². The van der Waals surface area contributed by atoms with E-state index in [-0.39, 0.29) is 5.33 Å². The fourth-order valence-electron chi connectivity index (χ4n) is 0.851. The van der Waals surface area contributed by atoms with E-state index in [0.717, 1.165) is 0 Å². The van der Waals surface area contributed by atoms with Gasteiger partial charge in [-0.1, -0.05) is 39.7 Å². The van der Waals surface area contributed by atoms with E-state index in [1.807, 2.05) is 0 Å². The molecule has 0 aliphatic carbocycles. The molecule has 0 N–H and O–H groups in total. The average molecular weight is 262 g/mol. The van der Waals surface area contributed by atoms with E-state index in [1.165, 1.54) is 6.07 Å². The number of hydrogen-bond acceptors (Lipinski definition) is 2. The zero-order valence-electron chi connectivity index (χ0n) is 6.59. The lowest BCUT2D eigenvalue weighted by Gasteiger charge is -1.97. The molecule has 2 nitrogen and oxygen atoms in total. The number of rotatable bonds is 3. The molecule has 1 rings (SSSR count). The van der Waals surface area contributed by atoms with E-state index in [2.05, 4.69) is 15.9 Å². The Kier molecular flexibility index (Phi) is 3.63. The van der Waals surface area contributed by atoms with Gasteiger partial charge in [0.25, 0.3) is 0 Å². The minimum absolute atomic E-state index is 0.0400. The average Bonchev–Trinajstić information content (AvgIpc) is 2.15. The van der Waals surface area contributed by atoms with Crippen LogP contribution in [0.4, 0.5) is 0 Å². The molecule has 0 fully saturated rings. The lowest BCUT2D eigenvalue weighted by Crippen LogP contribution is -2.14. The Morgan fingerprint density at radius 3 is 2.62 bits per heavy atom. The van der Waals surface area contributed by atoms with Gasteiger partial charge < -0.3 is 0 Å². The van der Waals surface area contributed by atoms with Crippen molar-refractivity contribution >= 4 is 39.1 Å². The van der Waals surface area contributed by atoms with Crippen LogP contribution in [0.2, 0.25) is 5.02 Å². The third-order valence-corrected chi connectivity index (χ3v) is 2.21. The minimum Gasteiger partial charge on any atom is -0.290 e. The second-order valence-electron chi connectivity index (χ2n) is 2.40. The predicted molar refractivity (Wildman–Crippen MR) is 54.6 cm³/mol. The number of carbonyl (C=O) groups is 2. The largest absolute Gasteiger partial charge is 0.290 e. The van der Waals surface area contributed by atoms with Crippen LogP contribution in [-0.4, -0.2) is 16.9 Å². The zero-order valence-corrected chi connectivity index (χ0v) is 8.93. The Balaban J connectivity index is 2.95. The highest BCUT2D eigenvalue weighted by Crippen LogP contribution is 2.11. The highest BCUT2D eigenvalue weighted by atomic mass is 79.9. The van der Waals surface area contributed by atoms with Crippen molar-refractivity contribution in [3.8, 4) is 0 Å². The third kappa shape index (κ3) is 2.64. The lowest BCUT2D eigenvalue weighted by atomic mass is 10.1. The SMILES string of the molecule is O=C(CBr)C(=O)c1cccc(Cl)c1. The van der Waals surface area contributed by atoms with Crippen LogP contribution < -0.4 is 0 Å². The van der Waals surface area contributed by atoms with Gasteiger partial charge in [0, 0.05) is 10.6 Å². The number of alkyl halides is 1. The van der Waals surface area contributed by atoms with Gasteiger partial charge in [-0.15, -0.1) is 0 Å². The fourth-order valence-corrected chi connectivity index (χ4v) is 1.30. The third-order valence-electron chi connectivity index (χ3n) is 1.46. The number of halogens is 2. The van der Waals surface area contributed by atoms with Crippen LogP contribution >= 0.6 is 27.5 Å². The molecule has 0 saturated heterocycles. The number of carbonyl (C=O) groups excluding carboxylic acids is 2. The summed E-state index contributed by atoms with van der Waals surface area (Å²) in [5, 5.41) is 0.492. The molecule has 0 aliphatic rings. The van der Waals surface area contributed by atoms with E-state index < -0.39 is 11.6 Å². The molecule has 0 saturated carbocycles. The normalized spacial score (nSPS) is 9.69. The summed E-state index contributed by atoms with van der Waals surface area (Å²) in [5.74, 6) is -0.985. The summed E-state index contributed by atoms with van der Waals surface area (Å²) in [7, 11) is 0. The molecule has 4 heteroatoms. The highest BCUT2D eigenvalue weighted by molar-refractivity contribution is 9.09. The molecular formula is C9H6BrClO2. The standard InChI is InChI=1S/C9H6BrClO2/c10-5-8(12)9(13)6-2-1-3-7(11)4-6/h1-4H,5H2. The summed E-state index contributed by atoms with van der Waals surface area (Å²) in [6, 6.07) is 6.33. The quantitative estimate of drug-likeness (QED) is 0.476. The van der Waals surface area contributed by atoms with Gasteiger partial charge in [-0.05, 0) is 12.1 Å². The first-order valence-corrected chi connectivity index (χ1v) is 5.04. The Morgan fingerprint density at radius 2 is 2.08 bits per heavy atom. The molecule has 0 bridgehead atoms. The first-order chi connectivity index (χ1) is 6.15. The number of benzene rings is 1. The maximum atomic E-state index is 11.3. The smallest absolute Gasteiger partial charge is 0.229 e. The molecule has 0 radical (unpaired) electrons. The first-order valence-electron chi connectivity index (χ1n) is 3.54. The van der Waals surface area contributed by atoms with Crippen molar-refractivity contribution in [2.24, 2.45) is 0 Å². The molecule has 0 aromatic heterocycles. The van der Waals surface area contributed by atoms with Crippen LogP contribution in [0.1, 0.15) is 10.4 Å². The van der Waals surface area contributed by atoms with Crippen molar-refractivity contribution in [2.45, 2.75) is 0 Å². The van der Waals surface area contributed by atoms with Crippen molar-refractivity contribution < 1.29 is 9.59 Å². The fraction of sp³-hybridized carbons (Fsp3) is 0.111. The van der Waals surface area contributed by atoms with E-state index in [4.69, 9.17) is 11.6 Å². The van der Waals surface area contributed by atoms with Crippen molar-refractivity contribution in [1.29, 1.82) is 0 Å². The summed E-state index contributed by atoms with van der Waals surface area (Å²) >= 11 is 8.59. The van der Waals surface area contributed by atoms with E-state index in [0.29, 0.717) is 10.6 Å². The lowest BCUT2D eigenvalue weighted by molar-refractivity contribution is -0.112. The van der Waals surface area contributed by atoms with Gasteiger partial charge in [0.2, 0.25) is 11.6 Å². The molecule has 13 heavy (non-hydrogen) atoms. The van der Waals surface area contributed by atoms with Crippen LogP contribution in [0.25, 0.3) is 0 Å². The Labute approximate surface area is 89.0 Å². The number of Topliss-reactive ketones (excluding diaryl/α,β-unsaturated/α-hetero) is 2. The molecule has 1 aromatic carbocycles. The molecule has 0 unspecified atom stereocenters. The van der Waals surface area contributed by atoms with Crippen LogP contribution in [0.15, 0.2) is 24.3 Å². The molecule has 0 aliphatic heterocycles. The second kappa shape index (κ2) is 4.53. The van der Waals surface area contributed by atoms with Crippen LogP contribution in [0.3, 0.4) is 0 Å². The molecule has 0 atom stereocenters. The maximum Gasteiger partial charge on any atom is 0.229 e. The Bertz CT molecular complexity index is 349. The van der Waals surface area contributed by atoms with E-state index in [1.54, 1.807) is 18.2 Å². The van der Waals surface area contributed by atoms with Crippen molar-refractivity contribution in [2.75, 3.05) is 5.33 Å². The van der Waals surface area contributed by atoms with Crippen LogP contribution in [-0.2, 0) is 4.79 Å². The summed E-state index contributed by atoms with van der Waals surface area (Å²) < 4.78 is 0. The van der Waals surface area contributed by atoms with Gasteiger partial charge in [-0.2, -0.15) is 0 Å².